The minimum Gasteiger partial charge on any atom is -0.379 e. The molecule has 3 atom stereocenters. The lowest BCUT2D eigenvalue weighted by atomic mass is 10.1. The van der Waals surface area contributed by atoms with E-state index in [0.717, 1.165) is 26.0 Å². The quantitative estimate of drug-likeness (QED) is 0.737. The van der Waals surface area contributed by atoms with E-state index in [1.807, 2.05) is 13.8 Å². The Kier molecular flexibility index (Phi) is 7.29. The van der Waals surface area contributed by atoms with Crippen molar-refractivity contribution in [2.45, 2.75) is 71.3 Å². The van der Waals surface area contributed by atoms with Crippen molar-refractivity contribution in [1.29, 1.82) is 0 Å². The summed E-state index contributed by atoms with van der Waals surface area (Å²) < 4.78 is 17.1. The number of hydrogen-bond acceptors (Lipinski definition) is 4. The second-order valence-corrected chi connectivity index (χ2v) is 6.39. The predicted octanol–water partition coefficient (Wildman–Crippen LogP) is 2.36. The van der Waals surface area contributed by atoms with E-state index in [9.17, 15) is 0 Å². The smallest absolute Gasteiger partial charge is 0.0814 e. The highest BCUT2D eigenvalue weighted by Crippen LogP contribution is 2.20. The van der Waals surface area contributed by atoms with Crippen LogP contribution in [-0.4, -0.2) is 50.2 Å². The van der Waals surface area contributed by atoms with Crippen molar-refractivity contribution >= 4 is 0 Å². The average Bonchev–Trinajstić information content (AvgIpc) is 2.78. The molecule has 1 rings (SSSR count). The maximum atomic E-state index is 5.98. The molecular weight excluding hydrogens is 242 g/mol. The molecule has 4 heteroatoms. The number of ether oxygens (including phenoxy) is 3. The van der Waals surface area contributed by atoms with Gasteiger partial charge in [0.05, 0.1) is 31.5 Å². The first-order valence-electron chi connectivity index (χ1n) is 7.50. The molecule has 19 heavy (non-hydrogen) atoms. The lowest BCUT2D eigenvalue weighted by Gasteiger charge is -2.23. The zero-order chi connectivity index (χ0) is 14.3. The highest BCUT2D eigenvalue weighted by atomic mass is 16.6. The third-order valence-electron chi connectivity index (χ3n) is 3.18. The van der Waals surface area contributed by atoms with E-state index in [1.54, 1.807) is 0 Å². The topological polar surface area (TPSA) is 39.7 Å². The molecule has 1 fully saturated rings. The van der Waals surface area contributed by atoms with Gasteiger partial charge in [0, 0.05) is 18.7 Å². The van der Waals surface area contributed by atoms with Crippen molar-refractivity contribution in [3.05, 3.63) is 0 Å². The van der Waals surface area contributed by atoms with Crippen LogP contribution in [-0.2, 0) is 14.2 Å². The molecule has 1 N–H and O–H groups in total. The maximum Gasteiger partial charge on any atom is 0.0814 e. The molecule has 1 aliphatic heterocycles. The van der Waals surface area contributed by atoms with Crippen LogP contribution in [0.25, 0.3) is 0 Å². The lowest BCUT2D eigenvalue weighted by molar-refractivity contribution is -0.0588. The van der Waals surface area contributed by atoms with Gasteiger partial charge in [-0.3, -0.25) is 0 Å². The van der Waals surface area contributed by atoms with Crippen LogP contribution in [0.5, 0.6) is 0 Å². The Morgan fingerprint density at radius 1 is 1.26 bits per heavy atom. The molecule has 1 aliphatic rings. The summed E-state index contributed by atoms with van der Waals surface area (Å²) in [6.45, 7) is 13.6. The molecular formula is C15H31NO3. The van der Waals surface area contributed by atoms with Gasteiger partial charge in [0.2, 0.25) is 0 Å². The van der Waals surface area contributed by atoms with E-state index in [2.05, 4.69) is 26.1 Å². The standard InChI is InChI=1S/C15H31NO3/c1-6-17-10-12(2)18-11-14-8-7-13(19-14)9-16-15(3,4)5/h12-14,16H,6-11H2,1-5H3. The van der Waals surface area contributed by atoms with Crippen molar-refractivity contribution in [2.24, 2.45) is 0 Å². The minimum absolute atomic E-state index is 0.148. The highest BCUT2D eigenvalue weighted by molar-refractivity contribution is 4.79. The molecule has 0 aromatic heterocycles. The van der Waals surface area contributed by atoms with E-state index >= 15 is 0 Å². The van der Waals surface area contributed by atoms with Crippen molar-refractivity contribution in [3.63, 3.8) is 0 Å². The van der Waals surface area contributed by atoms with Crippen LogP contribution in [0.1, 0.15) is 47.5 Å². The molecule has 0 spiro atoms. The molecule has 0 amide bonds. The van der Waals surface area contributed by atoms with E-state index < -0.39 is 0 Å². The largest absolute Gasteiger partial charge is 0.379 e. The summed E-state index contributed by atoms with van der Waals surface area (Å²) in [5, 5.41) is 3.49. The molecule has 4 nitrogen and oxygen atoms in total. The van der Waals surface area contributed by atoms with Gasteiger partial charge in [-0.05, 0) is 47.5 Å². The monoisotopic (exact) mass is 273 g/mol. The molecule has 0 radical (unpaired) electrons. The summed E-state index contributed by atoms with van der Waals surface area (Å²) in [7, 11) is 0. The lowest BCUT2D eigenvalue weighted by Crippen LogP contribution is -2.41. The summed E-state index contributed by atoms with van der Waals surface area (Å²) in [6, 6.07) is 0. The Morgan fingerprint density at radius 2 is 1.95 bits per heavy atom. The Labute approximate surface area is 118 Å². The van der Waals surface area contributed by atoms with Crippen molar-refractivity contribution in [1.82, 2.24) is 5.32 Å². The van der Waals surface area contributed by atoms with Crippen LogP contribution in [0.3, 0.4) is 0 Å². The summed E-state index contributed by atoms with van der Waals surface area (Å²) in [5.74, 6) is 0. The van der Waals surface area contributed by atoms with Crippen LogP contribution in [0, 0.1) is 0 Å². The Hall–Kier alpha value is -0.160. The van der Waals surface area contributed by atoms with Crippen LogP contribution in [0.4, 0.5) is 0 Å². The van der Waals surface area contributed by atoms with E-state index in [1.165, 1.54) is 0 Å². The first-order valence-corrected chi connectivity index (χ1v) is 7.50. The summed E-state index contributed by atoms with van der Waals surface area (Å²) in [6.07, 6.45) is 2.94. The van der Waals surface area contributed by atoms with Gasteiger partial charge in [-0.1, -0.05) is 0 Å². The second kappa shape index (κ2) is 8.20. The van der Waals surface area contributed by atoms with Crippen LogP contribution < -0.4 is 5.32 Å². The van der Waals surface area contributed by atoms with E-state index in [0.29, 0.717) is 19.3 Å². The fourth-order valence-electron chi connectivity index (χ4n) is 2.08. The van der Waals surface area contributed by atoms with Gasteiger partial charge < -0.3 is 19.5 Å². The van der Waals surface area contributed by atoms with Gasteiger partial charge in [0.1, 0.15) is 0 Å². The van der Waals surface area contributed by atoms with Crippen LogP contribution in [0.2, 0.25) is 0 Å². The predicted molar refractivity (Wildman–Crippen MR) is 77.6 cm³/mol. The molecule has 3 unspecified atom stereocenters. The summed E-state index contributed by atoms with van der Waals surface area (Å²) in [5.41, 5.74) is 0.157. The van der Waals surface area contributed by atoms with Gasteiger partial charge >= 0.3 is 0 Å². The van der Waals surface area contributed by atoms with Gasteiger partial charge in [0.25, 0.3) is 0 Å². The maximum absolute atomic E-state index is 5.98. The second-order valence-electron chi connectivity index (χ2n) is 6.39. The molecule has 1 heterocycles. The Bertz CT molecular complexity index is 240. The van der Waals surface area contributed by atoms with Gasteiger partial charge in [0.15, 0.2) is 0 Å². The fraction of sp³-hybridized carbons (Fsp3) is 1.00. The zero-order valence-corrected chi connectivity index (χ0v) is 13.2. The fourth-order valence-corrected chi connectivity index (χ4v) is 2.08. The number of nitrogens with one attached hydrogen (secondary N) is 1. The summed E-state index contributed by atoms with van der Waals surface area (Å²) >= 11 is 0. The molecule has 0 aromatic rings. The van der Waals surface area contributed by atoms with Gasteiger partial charge in [-0.25, -0.2) is 0 Å². The Morgan fingerprint density at radius 3 is 2.58 bits per heavy atom. The average molecular weight is 273 g/mol. The molecule has 1 saturated heterocycles. The summed E-state index contributed by atoms with van der Waals surface area (Å²) in [4.78, 5) is 0. The molecule has 0 aromatic carbocycles. The molecule has 114 valence electrons. The van der Waals surface area contributed by atoms with Crippen molar-refractivity contribution < 1.29 is 14.2 Å². The van der Waals surface area contributed by atoms with Gasteiger partial charge in [-0.15, -0.1) is 0 Å². The Balaban J connectivity index is 2.11. The molecule has 0 aliphatic carbocycles. The van der Waals surface area contributed by atoms with Crippen LogP contribution >= 0.6 is 0 Å². The highest BCUT2D eigenvalue weighted by Gasteiger charge is 2.26. The van der Waals surface area contributed by atoms with Crippen molar-refractivity contribution in [3.8, 4) is 0 Å². The number of hydrogen-bond donors (Lipinski definition) is 1. The van der Waals surface area contributed by atoms with Crippen molar-refractivity contribution in [2.75, 3.05) is 26.4 Å². The SMILES string of the molecule is CCOCC(C)OCC1CCC(CNC(C)(C)C)O1. The zero-order valence-electron chi connectivity index (χ0n) is 13.2. The van der Waals surface area contributed by atoms with E-state index in [-0.39, 0.29) is 17.7 Å². The molecule has 0 saturated carbocycles. The van der Waals surface area contributed by atoms with Gasteiger partial charge in [-0.2, -0.15) is 0 Å². The van der Waals surface area contributed by atoms with Crippen LogP contribution in [0.15, 0.2) is 0 Å². The third kappa shape index (κ3) is 7.88. The number of rotatable bonds is 8. The normalized spacial score (nSPS) is 25.7. The minimum atomic E-state index is 0.148. The first-order chi connectivity index (χ1) is 8.90. The molecule has 0 bridgehead atoms. The first kappa shape index (κ1) is 16.9. The van der Waals surface area contributed by atoms with E-state index in [4.69, 9.17) is 14.2 Å². The third-order valence-corrected chi connectivity index (χ3v) is 3.18.